The minimum absolute atomic E-state index is 0.0368. The van der Waals surface area contributed by atoms with Crippen LogP contribution in [0.25, 0.3) is 10.8 Å². The lowest BCUT2D eigenvalue weighted by Crippen LogP contribution is -2.23. The first-order chi connectivity index (χ1) is 10.2. The van der Waals surface area contributed by atoms with Crippen LogP contribution in [0.15, 0.2) is 72.8 Å². The number of fused-ring (bicyclic) bond motifs is 1. The Bertz CT molecular complexity index is 733. The van der Waals surface area contributed by atoms with Gasteiger partial charge in [0.25, 0.3) is 0 Å². The molecule has 106 valence electrons. The van der Waals surface area contributed by atoms with Crippen LogP contribution in [0.4, 0.5) is 8.78 Å². The predicted octanol–water partition coefficient (Wildman–Crippen LogP) is 5.01. The molecule has 21 heavy (non-hydrogen) atoms. The molecular formula is C18H14F2O. The summed E-state index contributed by atoms with van der Waals surface area (Å²) in [4.78, 5) is 0. The molecule has 0 saturated heterocycles. The lowest BCUT2D eigenvalue weighted by atomic mass is 10.1. The molecule has 0 saturated carbocycles. The molecule has 1 nitrogen and oxygen atoms in total. The third-order valence-corrected chi connectivity index (χ3v) is 3.35. The summed E-state index contributed by atoms with van der Waals surface area (Å²) < 4.78 is 33.6. The first-order valence-corrected chi connectivity index (χ1v) is 6.71. The largest absolute Gasteiger partial charge is 0.486 e. The number of hydrogen-bond donors (Lipinski definition) is 0. The lowest BCUT2D eigenvalue weighted by molar-refractivity contribution is -0.0463. The Hall–Kier alpha value is -2.42. The highest BCUT2D eigenvalue weighted by Gasteiger charge is 2.32. The fraction of sp³-hybridized carbons (Fsp3) is 0.111. The van der Waals surface area contributed by atoms with E-state index in [1.54, 1.807) is 30.3 Å². The van der Waals surface area contributed by atoms with Gasteiger partial charge >= 0.3 is 5.92 Å². The van der Waals surface area contributed by atoms with Crippen LogP contribution >= 0.6 is 0 Å². The van der Waals surface area contributed by atoms with Crippen LogP contribution < -0.4 is 4.74 Å². The number of halogens is 2. The van der Waals surface area contributed by atoms with Crippen molar-refractivity contribution in [3.63, 3.8) is 0 Å². The van der Waals surface area contributed by atoms with Gasteiger partial charge in [-0.05, 0) is 11.5 Å². The molecule has 0 bridgehead atoms. The quantitative estimate of drug-likeness (QED) is 0.654. The van der Waals surface area contributed by atoms with Crippen LogP contribution in [-0.4, -0.2) is 6.61 Å². The Morgan fingerprint density at radius 1 is 0.762 bits per heavy atom. The standard InChI is InChI=1S/C18H14F2O/c19-18(20,15-9-2-1-3-10-15)13-21-17-12-6-8-14-7-4-5-11-16(14)17/h1-12H,13H2. The Morgan fingerprint density at radius 2 is 1.43 bits per heavy atom. The number of hydrogen-bond acceptors (Lipinski definition) is 1. The van der Waals surface area contributed by atoms with Gasteiger partial charge in [0, 0.05) is 10.9 Å². The maximum Gasteiger partial charge on any atom is 0.306 e. The van der Waals surface area contributed by atoms with Crippen LogP contribution in [0, 0.1) is 0 Å². The average Bonchev–Trinajstić information content (AvgIpc) is 2.54. The summed E-state index contributed by atoms with van der Waals surface area (Å²) in [5.41, 5.74) is -0.0368. The lowest BCUT2D eigenvalue weighted by Gasteiger charge is -2.18. The molecule has 0 heterocycles. The molecule has 0 atom stereocenters. The van der Waals surface area contributed by atoms with Gasteiger partial charge in [0.05, 0.1) is 0 Å². The second kappa shape index (κ2) is 5.52. The van der Waals surface area contributed by atoms with Crippen molar-refractivity contribution in [2.75, 3.05) is 6.61 Å². The molecule has 0 aliphatic rings. The SMILES string of the molecule is FC(F)(COc1cccc2ccccc12)c1ccccc1. The van der Waals surface area contributed by atoms with Crippen LogP contribution in [0.3, 0.4) is 0 Å². The summed E-state index contributed by atoms with van der Waals surface area (Å²) in [6.45, 7) is -0.676. The van der Waals surface area contributed by atoms with Crippen molar-refractivity contribution in [1.82, 2.24) is 0 Å². The van der Waals surface area contributed by atoms with E-state index >= 15 is 0 Å². The first kappa shape index (κ1) is 13.6. The summed E-state index contributed by atoms with van der Waals surface area (Å²) in [7, 11) is 0. The highest BCUT2D eigenvalue weighted by atomic mass is 19.3. The van der Waals surface area contributed by atoms with Gasteiger partial charge < -0.3 is 4.74 Å². The molecule has 0 radical (unpaired) electrons. The zero-order valence-corrected chi connectivity index (χ0v) is 11.3. The molecular weight excluding hydrogens is 270 g/mol. The Morgan fingerprint density at radius 3 is 2.24 bits per heavy atom. The fourth-order valence-corrected chi connectivity index (χ4v) is 2.26. The summed E-state index contributed by atoms with van der Waals surface area (Å²) in [5, 5.41) is 1.81. The second-order valence-electron chi connectivity index (χ2n) is 4.84. The molecule has 0 aliphatic heterocycles. The molecule has 3 heteroatoms. The normalized spacial score (nSPS) is 11.5. The zero-order valence-electron chi connectivity index (χ0n) is 11.3. The maximum atomic E-state index is 14.1. The maximum absolute atomic E-state index is 14.1. The fourth-order valence-electron chi connectivity index (χ4n) is 2.26. The van der Waals surface area contributed by atoms with E-state index in [0.29, 0.717) is 5.75 Å². The molecule has 0 aromatic heterocycles. The van der Waals surface area contributed by atoms with Gasteiger partial charge in [-0.1, -0.05) is 66.7 Å². The number of benzene rings is 3. The molecule has 0 amide bonds. The van der Waals surface area contributed by atoms with E-state index in [4.69, 9.17) is 4.74 Å². The van der Waals surface area contributed by atoms with Crippen molar-refractivity contribution in [1.29, 1.82) is 0 Å². The molecule has 0 spiro atoms. The van der Waals surface area contributed by atoms with E-state index in [0.717, 1.165) is 10.8 Å². The van der Waals surface area contributed by atoms with E-state index in [1.807, 2.05) is 30.3 Å². The molecule has 0 unspecified atom stereocenters. The third kappa shape index (κ3) is 2.87. The highest BCUT2D eigenvalue weighted by molar-refractivity contribution is 5.88. The Labute approximate surface area is 121 Å². The Kier molecular flexibility index (Phi) is 3.57. The first-order valence-electron chi connectivity index (χ1n) is 6.71. The third-order valence-electron chi connectivity index (χ3n) is 3.35. The summed E-state index contributed by atoms with van der Waals surface area (Å²) in [5.74, 6) is -2.54. The molecule has 3 aromatic carbocycles. The molecule has 0 aliphatic carbocycles. The van der Waals surface area contributed by atoms with Gasteiger partial charge in [-0.2, -0.15) is 8.78 Å². The van der Waals surface area contributed by atoms with Crippen molar-refractivity contribution in [3.05, 3.63) is 78.4 Å². The average molecular weight is 284 g/mol. The molecule has 0 fully saturated rings. The van der Waals surface area contributed by atoms with Gasteiger partial charge in [-0.3, -0.25) is 0 Å². The van der Waals surface area contributed by atoms with Crippen molar-refractivity contribution in [2.24, 2.45) is 0 Å². The van der Waals surface area contributed by atoms with Crippen molar-refractivity contribution in [2.45, 2.75) is 5.92 Å². The summed E-state index contributed by atoms with van der Waals surface area (Å²) >= 11 is 0. The topological polar surface area (TPSA) is 9.23 Å². The van der Waals surface area contributed by atoms with Gasteiger partial charge in [0.15, 0.2) is 6.61 Å². The summed E-state index contributed by atoms with van der Waals surface area (Å²) in [6.07, 6.45) is 0. The van der Waals surface area contributed by atoms with Crippen molar-refractivity contribution in [3.8, 4) is 5.75 Å². The minimum Gasteiger partial charge on any atom is -0.486 e. The Balaban J connectivity index is 1.84. The van der Waals surface area contributed by atoms with Gasteiger partial charge in [0.1, 0.15) is 5.75 Å². The van der Waals surface area contributed by atoms with Crippen molar-refractivity contribution >= 4 is 10.8 Å². The van der Waals surface area contributed by atoms with E-state index in [1.165, 1.54) is 12.1 Å². The predicted molar refractivity (Wildman–Crippen MR) is 79.8 cm³/mol. The van der Waals surface area contributed by atoms with E-state index in [2.05, 4.69) is 0 Å². The monoisotopic (exact) mass is 284 g/mol. The number of rotatable bonds is 4. The van der Waals surface area contributed by atoms with Crippen LogP contribution in [0.2, 0.25) is 0 Å². The van der Waals surface area contributed by atoms with Crippen LogP contribution in [0.5, 0.6) is 5.75 Å². The molecule has 3 rings (SSSR count). The number of alkyl halides is 2. The zero-order chi connectivity index (χ0) is 14.7. The highest BCUT2D eigenvalue weighted by Crippen LogP contribution is 2.31. The molecule has 0 N–H and O–H groups in total. The molecule has 3 aromatic rings. The number of ether oxygens (including phenoxy) is 1. The van der Waals surface area contributed by atoms with Crippen molar-refractivity contribution < 1.29 is 13.5 Å². The second-order valence-corrected chi connectivity index (χ2v) is 4.84. The summed E-state index contributed by atoms with van der Waals surface area (Å²) in [6, 6.07) is 20.7. The van der Waals surface area contributed by atoms with Gasteiger partial charge in [-0.15, -0.1) is 0 Å². The minimum atomic E-state index is -3.02. The van der Waals surface area contributed by atoms with E-state index < -0.39 is 12.5 Å². The van der Waals surface area contributed by atoms with E-state index in [9.17, 15) is 8.78 Å². The van der Waals surface area contributed by atoms with Gasteiger partial charge in [-0.25, -0.2) is 0 Å². The van der Waals surface area contributed by atoms with Gasteiger partial charge in [0.2, 0.25) is 0 Å². The van der Waals surface area contributed by atoms with Crippen LogP contribution in [0.1, 0.15) is 5.56 Å². The smallest absolute Gasteiger partial charge is 0.306 e. The van der Waals surface area contributed by atoms with E-state index in [-0.39, 0.29) is 5.56 Å². The van der Waals surface area contributed by atoms with Crippen LogP contribution in [-0.2, 0) is 5.92 Å².